The van der Waals surface area contributed by atoms with Crippen LogP contribution in [-0.4, -0.2) is 51.1 Å². The highest BCUT2D eigenvalue weighted by molar-refractivity contribution is 8.18. The molecule has 3 aromatic rings. The number of carbonyl (C=O) groups is 3. The van der Waals surface area contributed by atoms with E-state index in [4.69, 9.17) is 0 Å². The van der Waals surface area contributed by atoms with E-state index < -0.39 is 0 Å². The maximum absolute atomic E-state index is 13.1. The molecule has 0 spiro atoms. The molecule has 6 nitrogen and oxygen atoms in total. The van der Waals surface area contributed by atoms with Gasteiger partial charge in [0.15, 0.2) is 0 Å². The second kappa shape index (κ2) is 11.6. The lowest BCUT2D eigenvalue weighted by Gasteiger charge is -2.19. The summed E-state index contributed by atoms with van der Waals surface area (Å²) in [5.74, 6) is -0.182. The molecule has 0 unspecified atom stereocenters. The van der Waals surface area contributed by atoms with E-state index in [2.05, 4.69) is 25.1 Å². The Balaban J connectivity index is 1.59. The average molecular weight is 504 g/mol. The van der Waals surface area contributed by atoms with Gasteiger partial charge in [-0.1, -0.05) is 55.5 Å². The fourth-order valence-electron chi connectivity index (χ4n) is 4.73. The van der Waals surface area contributed by atoms with Crippen LogP contribution >= 0.6 is 11.8 Å². The molecule has 1 aliphatic rings. The second-order valence-corrected chi connectivity index (χ2v) is 9.86. The van der Waals surface area contributed by atoms with Crippen LogP contribution in [0.15, 0.2) is 59.6 Å². The number of hydrogen-bond acceptors (Lipinski definition) is 4. The summed E-state index contributed by atoms with van der Waals surface area (Å²) in [6.07, 6.45) is 6.12. The van der Waals surface area contributed by atoms with Gasteiger partial charge in [-0.2, -0.15) is 0 Å². The van der Waals surface area contributed by atoms with Gasteiger partial charge in [-0.25, -0.2) is 0 Å². The number of imide groups is 1. The predicted octanol–water partition coefficient (Wildman–Crippen LogP) is 5.74. The number of amides is 3. The van der Waals surface area contributed by atoms with Crippen molar-refractivity contribution >= 4 is 45.8 Å². The van der Waals surface area contributed by atoms with Crippen molar-refractivity contribution < 1.29 is 14.4 Å². The van der Waals surface area contributed by atoms with Crippen LogP contribution < -0.4 is 0 Å². The molecule has 0 atom stereocenters. The number of rotatable bonds is 10. The highest BCUT2D eigenvalue weighted by Crippen LogP contribution is 2.35. The van der Waals surface area contributed by atoms with Gasteiger partial charge in [-0.15, -0.1) is 0 Å². The lowest BCUT2D eigenvalue weighted by atomic mass is 10.1. The van der Waals surface area contributed by atoms with E-state index >= 15 is 0 Å². The highest BCUT2D eigenvalue weighted by atomic mass is 32.2. The van der Waals surface area contributed by atoms with E-state index in [0.29, 0.717) is 24.5 Å². The number of para-hydroxylation sites is 1. The zero-order chi connectivity index (χ0) is 25.7. The summed E-state index contributed by atoms with van der Waals surface area (Å²) in [7, 11) is 0. The Hall–Kier alpha value is -3.32. The minimum absolute atomic E-state index is 0.0631. The summed E-state index contributed by atoms with van der Waals surface area (Å²) in [6.45, 7) is 8.03. The lowest BCUT2D eigenvalue weighted by Crippen LogP contribution is -2.33. The minimum atomic E-state index is -0.246. The van der Waals surface area contributed by atoms with Gasteiger partial charge in [0.05, 0.1) is 10.4 Å². The third-order valence-corrected chi connectivity index (χ3v) is 7.57. The largest absolute Gasteiger partial charge is 0.342 e. The van der Waals surface area contributed by atoms with E-state index in [1.54, 1.807) is 0 Å². The number of benzene rings is 2. The van der Waals surface area contributed by atoms with E-state index in [9.17, 15) is 14.4 Å². The molecule has 3 amide bonds. The summed E-state index contributed by atoms with van der Waals surface area (Å²) in [5, 5.41) is 0.756. The number of carbonyl (C=O) groups excluding carboxylic acids is 3. The third-order valence-electron chi connectivity index (χ3n) is 6.67. The van der Waals surface area contributed by atoms with Gasteiger partial charge in [-0.05, 0) is 62.1 Å². The fraction of sp³-hybridized carbons (Fsp3) is 0.345. The number of aromatic nitrogens is 1. The van der Waals surface area contributed by atoms with Gasteiger partial charge < -0.3 is 9.47 Å². The molecule has 1 saturated heterocycles. The molecule has 1 aromatic heterocycles. The first-order valence-corrected chi connectivity index (χ1v) is 13.5. The molecule has 2 aromatic carbocycles. The summed E-state index contributed by atoms with van der Waals surface area (Å²) in [5.41, 5.74) is 4.20. The first-order valence-electron chi connectivity index (χ1n) is 12.6. The van der Waals surface area contributed by atoms with Crippen molar-refractivity contribution in [1.29, 1.82) is 0 Å². The summed E-state index contributed by atoms with van der Waals surface area (Å²) in [4.78, 5) is 42.3. The molecular weight excluding hydrogens is 470 g/mol. The van der Waals surface area contributed by atoms with Crippen molar-refractivity contribution in [1.82, 2.24) is 14.4 Å². The Bertz CT molecular complexity index is 1290. The first kappa shape index (κ1) is 25.8. The lowest BCUT2D eigenvalue weighted by molar-refractivity contribution is -0.131. The monoisotopic (exact) mass is 503 g/mol. The van der Waals surface area contributed by atoms with Gasteiger partial charge in [0, 0.05) is 36.8 Å². The quantitative estimate of drug-likeness (QED) is 0.331. The van der Waals surface area contributed by atoms with Crippen LogP contribution in [-0.2, 0) is 29.0 Å². The fourth-order valence-corrected chi connectivity index (χ4v) is 5.59. The van der Waals surface area contributed by atoms with Crippen LogP contribution in [0, 0.1) is 0 Å². The number of nitrogens with zero attached hydrogens (tertiary/aromatic N) is 3. The van der Waals surface area contributed by atoms with E-state index in [0.717, 1.165) is 53.1 Å². The Morgan fingerprint density at radius 3 is 2.44 bits per heavy atom. The van der Waals surface area contributed by atoms with Crippen molar-refractivity contribution in [3.05, 3.63) is 76.3 Å². The smallest absolute Gasteiger partial charge is 0.293 e. The number of hydrogen-bond donors (Lipinski definition) is 0. The Kier molecular flexibility index (Phi) is 8.31. The van der Waals surface area contributed by atoms with E-state index in [1.165, 1.54) is 10.5 Å². The molecule has 0 bridgehead atoms. The van der Waals surface area contributed by atoms with Crippen LogP contribution in [0.2, 0.25) is 0 Å². The summed E-state index contributed by atoms with van der Waals surface area (Å²) in [6, 6.07) is 16.2. The van der Waals surface area contributed by atoms with Crippen LogP contribution in [0.25, 0.3) is 17.0 Å². The molecule has 0 N–H and O–H groups in total. The van der Waals surface area contributed by atoms with E-state index in [-0.39, 0.29) is 23.6 Å². The molecule has 36 heavy (non-hydrogen) atoms. The molecule has 1 aliphatic heterocycles. The molecule has 188 valence electrons. The molecule has 0 aliphatic carbocycles. The summed E-state index contributed by atoms with van der Waals surface area (Å²) >= 11 is 0.991. The van der Waals surface area contributed by atoms with Crippen LogP contribution in [0.3, 0.4) is 0 Å². The zero-order valence-corrected chi connectivity index (χ0v) is 22.0. The molecule has 0 saturated carbocycles. The Morgan fingerprint density at radius 1 is 1.00 bits per heavy atom. The normalized spacial score (nSPS) is 14.9. The number of fused-ring (bicyclic) bond motifs is 1. The SMILES string of the molecule is CCc1cccc2c(/C=C3\SC(=O)N(CCCc4ccccc4)C3=O)cn(CC(=O)N(CC)CC)c12. The summed E-state index contributed by atoms with van der Waals surface area (Å²) < 4.78 is 1.99. The van der Waals surface area contributed by atoms with Crippen molar-refractivity contribution in [2.45, 2.75) is 46.6 Å². The van der Waals surface area contributed by atoms with E-state index in [1.807, 2.05) is 65.9 Å². The molecule has 0 radical (unpaired) electrons. The van der Waals surface area contributed by atoms with Crippen molar-refractivity contribution in [2.24, 2.45) is 0 Å². The molecule has 4 rings (SSSR count). The maximum Gasteiger partial charge on any atom is 0.293 e. The number of likely N-dealkylation sites (N-methyl/N-ethyl adjacent to an activating group) is 1. The first-order chi connectivity index (χ1) is 17.5. The minimum Gasteiger partial charge on any atom is -0.342 e. The maximum atomic E-state index is 13.1. The topological polar surface area (TPSA) is 62.6 Å². The highest BCUT2D eigenvalue weighted by Gasteiger charge is 2.34. The molecular formula is C29H33N3O3S. The molecule has 7 heteroatoms. The van der Waals surface area contributed by atoms with Gasteiger partial charge in [-0.3, -0.25) is 19.3 Å². The van der Waals surface area contributed by atoms with Crippen LogP contribution in [0.1, 0.15) is 43.9 Å². The molecule has 1 fully saturated rings. The van der Waals surface area contributed by atoms with Gasteiger partial charge in [0.2, 0.25) is 5.91 Å². The van der Waals surface area contributed by atoms with Gasteiger partial charge in [0.1, 0.15) is 6.54 Å². The molecule has 2 heterocycles. The predicted molar refractivity (Wildman–Crippen MR) is 147 cm³/mol. The van der Waals surface area contributed by atoms with Crippen LogP contribution in [0.5, 0.6) is 0 Å². The Labute approximate surface area is 216 Å². The zero-order valence-electron chi connectivity index (χ0n) is 21.2. The van der Waals surface area contributed by atoms with Crippen LogP contribution in [0.4, 0.5) is 4.79 Å². The Morgan fingerprint density at radius 2 is 1.75 bits per heavy atom. The van der Waals surface area contributed by atoms with Crippen molar-refractivity contribution in [3.8, 4) is 0 Å². The van der Waals surface area contributed by atoms with Crippen molar-refractivity contribution in [3.63, 3.8) is 0 Å². The number of aryl methyl sites for hydroxylation is 2. The standard InChI is InChI=1S/C29H33N3O3S/c1-4-22-15-10-16-24-23(19-31(27(22)24)20-26(33)30(5-2)6-3)18-25-28(34)32(29(35)36-25)17-11-14-21-12-8-7-9-13-21/h7-10,12-13,15-16,18-19H,4-6,11,14,17,20H2,1-3H3/b25-18-. The second-order valence-electron chi connectivity index (χ2n) is 8.87. The van der Waals surface area contributed by atoms with Crippen molar-refractivity contribution in [2.75, 3.05) is 19.6 Å². The van der Waals surface area contributed by atoms with Gasteiger partial charge in [0.25, 0.3) is 11.1 Å². The van der Waals surface area contributed by atoms with Gasteiger partial charge >= 0.3 is 0 Å². The average Bonchev–Trinajstić information content (AvgIpc) is 3.37. The third kappa shape index (κ3) is 5.41. The number of thioether (sulfide) groups is 1.